The van der Waals surface area contributed by atoms with Gasteiger partial charge in [0.15, 0.2) is 0 Å². The number of carbonyl (C=O) groups is 1. The van der Waals surface area contributed by atoms with Crippen LogP contribution in [0.25, 0.3) is 0 Å². The van der Waals surface area contributed by atoms with E-state index in [4.69, 9.17) is 23.2 Å². The highest BCUT2D eigenvalue weighted by atomic mass is 35.5. The van der Waals surface area contributed by atoms with Gasteiger partial charge in [0.1, 0.15) is 5.88 Å². The number of hydrogen-bond donors (Lipinski definition) is 1. The molecule has 70 valence electrons. The Hall–Kier alpha value is -0.730. The predicted octanol–water partition coefficient (Wildman–Crippen LogP) is 2.83. The molecule has 1 aromatic rings. The topological polar surface area (TPSA) is 29.1 Å². The van der Waals surface area contributed by atoms with E-state index in [1.54, 1.807) is 12.1 Å². The molecule has 0 unspecified atom stereocenters. The van der Waals surface area contributed by atoms with Crippen molar-refractivity contribution < 1.29 is 4.79 Å². The van der Waals surface area contributed by atoms with Gasteiger partial charge in [-0.3, -0.25) is 4.79 Å². The first-order valence-electron chi connectivity index (χ1n) is 3.75. The number of benzene rings is 1. The van der Waals surface area contributed by atoms with Crippen LogP contribution in [0.4, 0.5) is 5.69 Å². The molecule has 0 aliphatic carbocycles. The lowest BCUT2D eigenvalue weighted by atomic mass is 10.2. The fourth-order valence-corrected chi connectivity index (χ4v) is 1.11. The molecular formula is C9H9Cl2NO. The molecule has 1 N–H and O–H groups in total. The molecule has 0 fully saturated rings. The quantitative estimate of drug-likeness (QED) is 0.759. The average Bonchev–Trinajstić information content (AvgIpc) is 2.11. The molecule has 0 aromatic heterocycles. The van der Waals surface area contributed by atoms with Gasteiger partial charge in [0.05, 0.1) is 0 Å². The number of nitrogens with one attached hydrogen (secondary N) is 1. The predicted molar refractivity (Wildman–Crippen MR) is 55.5 cm³/mol. The van der Waals surface area contributed by atoms with E-state index in [9.17, 15) is 4.79 Å². The summed E-state index contributed by atoms with van der Waals surface area (Å²) in [5.74, 6) is -0.285. The van der Waals surface area contributed by atoms with Crippen LogP contribution in [-0.2, 0) is 4.79 Å². The van der Waals surface area contributed by atoms with Gasteiger partial charge in [-0.2, -0.15) is 0 Å². The van der Waals surface area contributed by atoms with Crippen LogP contribution in [-0.4, -0.2) is 11.8 Å². The molecule has 13 heavy (non-hydrogen) atoms. The lowest BCUT2D eigenvalue weighted by Gasteiger charge is -2.04. The second-order valence-corrected chi connectivity index (χ2v) is 3.32. The first kappa shape index (κ1) is 10.4. The molecule has 2 nitrogen and oxygen atoms in total. The number of rotatable bonds is 2. The molecule has 0 radical (unpaired) electrons. The minimum absolute atomic E-state index is 0.0501. The standard InChI is InChI=1S/C9H9Cl2NO/c1-6-2-3-7(4-8(6)11)12-9(13)5-10/h2-4H,5H2,1H3,(H,12,13). The van der Waals surface area contributed by atoms with Crippen LogP contribution in [0.3, 0.4) is 0 Å². The molecule has 0 heterocycles. The van der Waals surface area contributed by atoms with Crippen LogP contribution in [0.5, 0.6) is 0 Å². The van der Waals surface area contributed by atoms with Crippen LogP contribution in [0, 0.1) is 6.92 Å². The minimum Gasteiger partial charge on any atom is -0.325 e. The van der Waals surface area contributed by atoms with Crippen molar-refractivity contribution in [2.75, 3.05) is 11.2 Å². The molecule has 0 aliphatic heterocycles. The maximum absolute atomic E-state index is 10.9. The summed E-state index contributed by atoms with van der Waals surface area (Å²) in [5, 5.41) is 3.24. The number of halogens is 2. The van der Waals surface area contributed by atoms with E-state index in [1.165, 1.54) is 0 Å². The summed E-state index contributed by atoms with van der Waals surface area (Å²) in [5.41, 5.74) is 1.65. The Morgan fingerprint density at radius 2 is 2.23 bits per heavy atom. The van der Waals surface area contributed by atoms with Gasteiger partial charge in [0.25, 0.3) is 0 Å². The fraction of sp³-hybridized carbons (Fsp3) is 0.222. The van der Waals surface area contributed by atoms with Gasteiger partial charge in [-0.1, -0.05) is 17.7 Å². The van der Waals surface area contributed by atoms with Crippen molar-refractivity contribution in [3.8, 4) is 0 Å². The van der Waals surface area contributed by atoms with Crippen molar-refractivity contribution in [1.82, 2.24) is 0 Å². The first-order valence-corrected chi connectivity index (χ1v) is 4.66. The lowest BCUT2D eigenvalue weighted by molar-refractivity contribution is -0.113. The zero-order valence-corrected chi connectivity index (χ0v) is 8.62. The third kappa shape index (κ3) is 2.90. The highest BCUT2D eigenvalue weighted by molar-refractivity contribution is 6.32. The summed E-state index contributed by atoms with van der Waals surface area (Å²) in [4.78, 5) is 10.9. The van der Waals surface area contributed by atoms with Crippen molar-refractivity contribution in [1.29, 1.82) is 0 Å². The zero-order chi connectivity index (χ0) is 9.84. The van der Waals surface area contributed by atoms with E-state index >= 15 is 0 Å². The van der Waals surface area contributed by atoms with Crippen molar-refractivity contribution in [2.45, 2.75) is 6.92 Å². The Kier molecular flexibility index (Phi) is 3.58. The van der Waals surface area contributed by atoms with Crippen molar-refractivity contribution in [3.63, 3.8) is 0 Å². The summed E-state index contributed by atoms with van der Waals surface area (Å²) >= 11 is 11.2. The first-order chi connectivity index (χ1) is 6.13. The highest BCUT2D eigenvalue weighted by Crippen LogP contribution is 2.19. The van der Waals surface area contributed by atoms with Gasteiger partial charge in [-0.15, -0.1) is 11.6 Å². The maximum atomic E-state index is 10.9. The molecule has 0 saturated carbocycles. The number of aryl methyl sites for hydroxylation is 1. The van der Waals surface area contributed by atoms with Crippen LogP contribution in [0.1, 0.15) is 5.56 Å². The molecule has 0 spiro atoms. The second-order valence-electron chi connectivity index (χ2n) is 2.65. The number of amides is 1. The smallest absolute Gasteiger partial charge is 0.239 e. The Bertz CT molecular complexity index is 325. The fourth-order valence-electron chi connectivity index (χ4n) is 0.865. The molecule has 0 atom stereocenters. The Labute approximate surface area is 86.8 Å². The molecule has 0 aliphatic rings. The van der Waals surface area contributed by atoms with Crippen LogP contribution >= 0.6 is 23.2 Å². The van der Waals surface area contributed by atoms with Gasteiger partial charge in [0.2, 0.25) is 5.91 Å². The van der Waals surface area contributed by atoms with Crippen LogP contribution in [0.15, 0.2) is 18.2 Å². The third-order valence-electron chi connectivity index (χ3n) is 1.58. The molecule has 1 amide bonds. The molecule has 4 heteroatoms. The third-order valence-corrected chi connectivity index (χ3v) is 2.23. The highest BCUT2D eigenvalue weighted by Gasteiger charge is 2.01. The van der Waals surface area contributed by atoms with Crippen molar-refractivity contribution >= 4 is 34.8 Å². The number of hydrogen-bond acceptors (Lipinski definition) is 1. The molecular weight excluding hydrogens is 209 g/mol. The van der Waals surface area contributed by atoms with Gasteiger partial charge in [-0.05, 0) is 24.6 Å². The Morgan fingerprint density at radius 3 is 2.77 bits per heavy atom. The average molecular weight is 218 g/mol. The SMILES string of the molecule is Cc1ccc(NC(=O)CCl)cc1Cl. The van der Waals surface area contributed by atoms with Crippen molar-refractivity contribution in [2.24, 2.45) is 0 Å². The van der Waals surface area contributed by atoms with Crippen molar-refractivity contribution in [3.05, 3.63) is 28.8 Å². The van der Waals surface area contributed by atoms with E-state index in [-0.39, 0.29) is 11.8 Å². The minimum atomic E-state index is -0.235. The molecule has 1 aromatic carbocycles. The number of carbonyl (C=O) groups excluding carboxylic acids is 1. The zero-order valence-electron chi connectivity index (χ0n) is 7.10. The van der Waals surface area contributed by atoms with Crippen LogP contribution in [0.2, 0.25) is 5.02 Å². The van der Waals surface area contributed by atoms with Gasteiger partial charge in [0, 0.05) is 10.7 Å². The summed E-state index contributed by atoms with van der Waals surface area (Å²) in [6.07, 6.45) is 0. The largest absolute Gasteiger partial charge is 0.325 e. The monoisotopic (exact) mass is 217 g/mol. The molecule has 0 saturated heterocycles. The van der Waals surface area contributed by atoms with E-state index in [0.29, 0.717) is 10.7 Å². The summed E-state index contributed by atoms with van der Waals surface area (Å²) in [7, 11) is 0. The molecule has 0 bridgehead atoms. The Morgan fingerprint density at radius 1 is 1.54 bits per heavy atom. The summed E-state index contributed by atoms with van der Waals surface area (Å²) in [6, 6.07) is 5.32. The van der Waals surface area contributed by atoms with E-state index in [1.807, 2.05) is 13.0 Å². The summed E-state index contributed by atoms with van der Waals surface area (Å²) in [6.45, 7) is 1.90. The molecule has 1 rings (SSSR count). The van der Waals surface area contributed by atoms with E-state index < -0.39 is 0 Å². The number of alkyl halides is 1. The summed E-state index contributed by atoms with van der Waals surface area (Å²) < 4.78 is 0. The second kappa shape index (κ2) is 4.49. The van der Waals surface area contributed by atoms with Crippen LogP contribution < -0.4 is 5.32 Å². The van der Waals surface area contributed by atoms with Gasteiger partial charge < -0.3 is 5.32 Å². The van der Waals surface area contributed by atoms with E-state index in [0.717, 1.165) is 5.56 Å². The normalized spacial score (nSPS) is 9.77. The van der Waals surface area contributed by atoms with E-state index in [2.05, 4.69) is 5.32 Å². The van der Waals surface area contributed by atoms with Gasteiger partial charge in [-0.25, -0.2) is 0 Å². The van der Waals surface area contributed by atoms with Gasteiger partial charge >= 0.3 is 0 Å². The Balaban J connectivity index is 2.79. The lowest BCUT2D eigenvalue weighted by Crippen LogP contribution is -2.12. The number of anilines is 1. The maximum Gasteiger partial charge on any atom is 0.239 e.